The topological polar surface area (TPSA) is 86.9 Å². The second-order valence-corrected chi connectivity index (χ2v) is 8.72. The smallest absolute Gasteiger partial charge is 0.233 e. The molecule has 2 fully saturated rings. The molecule has 0 aromatic carbocycles. The number of rotatable bonds is 9. The second-order valence-electron chi connectivity index (χ2n) is 7.73. The molecule has 2 heterocycles. The highest BCUT2D eigenvalue weighted by Gasteiger charge is 2.58. The van der Waals surface area contributed by atoms with Crippen LogP contribution in [0, 0.1) is 23.7 Å². The Morgan fingerprint density at radius 2 is 1.93 bits per heavy atom. The summed E-state index contributed by atoms with van der Waals surface area (Å²) in [6.07, 6.45) is 9.69. The number of fused-ring (bicyclic) bond motifs is 5. The first-order valence-corrected chi connectivity index (χ1v) is 11.7. The maximum atomic E-state index is 12.8. The first-order chi connectivity index (χ1) is 14.2. The molecule has 1 aromatic rings. The molecule has 0 radical (unpaired) electrons. The van der Waals surface area contributed by atoms with E-state index in [0.29, 0.717) is 32.1 Å². The zero-order chi connectivity index (χ0) is 20.2. The van der Waals surface area contributed by atoms with Gasteiger partial charge in [0.1, 0.15) is 5.76 Å². The number of imide groups is 1. The van der Waals surface area contributed by atoms with Crippen LogP contribution in [0.3, 0.4) is 0 Å². The number of thioether (sulfide) groups is 1. The summed E-state index contributed by atoms with van der Waals surface area (Å²) < 4.78 is 5.35. The number of hydrogen-bond donors (Lipinski definition) is 2. The fraction of sp³-hybridized carbons (Fsp3) is 0.571. The van der Waals surface area contributed by atoms with Crippen LogP contribution >= 0.6 is 11.8 Å². The van der Waals surface area contributed by atoms with Crippen molar-refractivity contribution in [2.45, 2.75) is 12.8 Å². The van der Waals surface area contributed by atoms with E-state index in [1.54, 1.807) is 18.0 Å². The molecule has 7 nitrogen and oxygen atoms in total. The number of amides is 2. The van der Waals surface area contributed by atoms with Gasteiger partial charge in [-0.25, -0.2) is 0 Å². The van der Waals surface area contributed by atoms with Gasteiger partial charge in [0, 0.05) is 31.8 Å². The molecule has 2 aliphatic carbocycles. The monoisotopic (exact) mass is 416 g/mol. The van der Waals surface area contributed by atoms with E-state index in [0.717, 1.165) is 24.4 Å². The number of aliphatic imine (C=N–C) groups is 1. The van der Waals surface area contributed by atoms with E-state index in [1.165, 1.54) is 4.90 Å². The molecule has 4 unspecified atom stereocenters. The molecule has 1 saturated carbocycles. The van der Waals surface area contributed by atoms with Gasteiger partial charge in [-0.15, -0.1) is 0 Å². The fourth-order valence-corrected chi connectivity index (χ4v) is 4.93. The van der Waals surface area contributed by atoms with Crippen molar-refractivity contribution in [3.63, 3.8) is 0 Å². The fourth-order valence-electron chi connectivity index (χ4n) is 4.65. The van der Waals surface area contributed by atoms with Crippen molar-refractivity contribution < 1.29 is 14.0 Å². The van der Waals surface area contributed by atoms with Gasteiger partial charge in [-0.1, -0.05) is 12.2 Å². The molecule has 29 heavy (non-hydrogen) atoms. The van der Waals surface area contributed by atoms with Crippen molar-refractivity contribution in [1.82, 2.24) is 15.5 Å². The Morgan fingerprint density at radius 1 is 1.21 bits per heavy atom. The maximum Gasteiger partial charge on any atom is 0.233 e. The number of furan rings is 1. The molecule has 2 N–H and O–H groups in total. The minimum atomic E-state index is -0.126. The van der Waals surface area contributed by atoms with E-state index in [9.17, 15) is 9.59 Å². The third kappa shape index (κ3) is 4.22. The average molecular weight is 417 g/mol. The van der Waals surface area contributed by atoms with Crippen molar-refractivity contribution >= 4 is 29.5 Å². The van der Waals surface area contributed by atoms with E-state index < -0.39 is 0 Å². The number of nitrogens with one attached hydrogen (secondary N) is 2. The third-order valence-corrected chi connectivity index (χ3v) is 6.59. The molecule has 2 amide bonds. The molecular weight excluding hydrogens is 388 g/mol. The third-order valence-electron chi connectivity index (χ3n) is 6.00. The Morgan fingerprint density at radius 3 is 2.59 bits per heavy atom. The molecule has 3 aliphatic rings. The summed E-state index contributed by atoms with van der Waals surface area (Å²) in [5.74, 6) is 2.83. The van der Waals surface area contributed by atoms with Crippen molar-refractivity contribution in [1.29, 1.82) is 0 Å². The highest BCUT2D eigenvalue weighted by molar-refractivity contribution is 7.98. The lowest BCUT2D eigenvalue weighted by Gasteiger charge is -2.19. The van der Waals surface area contributed by atoms with E-state index in [4.69, 9.17) is 4.42 Å². The van der Waals surface area contributed by atoms with E-state index in [-0.39, 0.29) is 35.5 Å². The quantitative estimate of drug-likeness (QED) is 0.209. The van der Waals surface area contributed by atoms with Crippen LogP contribution in [0.25, 0.3) is 0 Å². The lowest BCUT2D eigenvalue weighted by Crippen LogP contribution is -2.44. The summed E-state index contributed by atoms with van der Waals surface area (Å²) in [6.45, 7) is 2.27. The van der Waals surface area contributed by atoms with Gasteiger partial charge in [-0.3, -0.25) is 19.5 Å². The van der Waals surface area contributed by atoms with Gasteiger partial charge >= 0.3 is 0 Å². The van der Waals surface area contributed by atoms with Crippen molar-refractivity contribution in [3.05, 3.63) is 36.3 Å². The molecule has 0 spiro atoms. The predicted molar refractivity (Wildman–Crippen MR) is 114 cm³/mol. The van der Waals surface area contributed by atoms with E-state index in [2.05, 4.69) is 34.0 Å². The van der Waals surface area contributed by atoms with Crippen LogP contribution in [-0.4, -0.2) is 60.9 Å². The minimum absolute atomic E-state index is 0.00491. The molecule has 1 aliphatic heterocycles. The Balaban J connectivity index is 1.27. The first kappa shape index (κ1) is 20.1. The Bertz CT molecular complexity index is 762. The predicted octanol–water partition coefficient (Wildman–Crippen LogP) is 1.53. The summed E-state index contributed by atoms with van der Waals surface area (Å²) >= 11 is 1.74. The molecule has 1 aromatic heterocycles. The molecule has 4 atom stereocenters. The Kier molecular flexibility index (Phi) is 6.28. The van der Waals surface area contributed by atoms with Gasteiger partial charge in [0.15, 0.2) is 5.96 Å². The van der Waals surface area contributed by atoms with Gasteiger partial charge in [0.25, 0.3) is 0 Å². The molecular formula is C21H28N4O3S. The van der Waals surface area contributed by atoms with Crippen LogP contribution in [0.1, 0.15) is 12.2 Å². The van der Waals surface area contributed by atoms with Crippen molar-refractivity contribution in [2.24, 2.45) is 28.7 Å². The zero-order valence-electron chi connectivity index (χ0n) is 16.7. The Hall–Kier alpha value is -2.22. The van der Waals surface area contributed by atoms with Crippen LogP contribution in [0.4, 0.5) is 0 Å². The number of nitrogens with zero attached hydrogens (tertiary/aromatic N) is 2. The van der Waals surface area contributed by atoms with Crippen molar-refractivity contribution in [2.75, 3.05) is 38.2 Å². The Labute approximate surface area is 175 Å². The van der Waals surface area contributed by atoms with Crippen LogP contribution in [-0.2, 0) is 16.0 Å². The zero-order valence-corrected chi connectivity index (χ0v) is 17.5. The lowest BCUT2D eigenvalue weighted by molar-refractivity contribution is -0.140. The number of hydrogen-bond acceptors (Lipinski definition) is 5. The van der Waals surface area contributed by atoms with Crippen LogP contribution < -0.4 is 10.6 Å². The summed E-state index contributed by atoms with van der Waals surface area (Å²) in [6, 6.07) is 3.82. The molecule has 2 bridgehead atoms. The number of carbonyl (C=O) groups excluding carboxylic acids is 2. The van der Waals surface area contributed by atoms with Gasteiger partial charge in [0.05, 0.1) is 24.6 Å². The van der Waals surface area contributed by atoms with Gasteiger partial charge < -0.3 is 15.1 Å². The highest BCUT2D eigenvalue weighted by Crippen LogP contribution is 2.52. The number of likely N-dealkylation sites (tertiary alicyclic amines) is 1. The minimum Gasteiger partial charge on any atom is -0.469 e. The van der Waals surface area contributed by atoms with Gasteiger partial charge in [-0.2, -0.15) is 11.8 Å². The lowest BCUT2D eigenvalue weighted by atomic mass is 9.85. The normalized spacial score (nSPS) is 27.8. The number of guanidine groups is 1. The summed E-state index contributed by atoms with van der Waals surface area (Å²) in [5, 5.41) is 6.57. The summed E-state index contributed by atoms with van der Waals surface area (Å²) in [7, 11) is 0. The van der Waals surface area contributed by atoms with Crippen LogP contribution in [0.15, 0.2) is 40.0 Å². The first-order valence-electron chi connectivity index (χ1n) is 10.3. The van der Waals surface area contributed by atoms with Crippen LogP contribution in [0.5, 0.6) is 0 Å². The molecule has 4 rings (SSSR count). The molecule has 8 heteroatoms. The summed E-state index contributed by atoms with van der Waals surface area (Å²) in [5.41, 5.74) is 0. The van der Waals surface area contributed by atoms with Crippen molar-refractivity contribution in [3.8, 4) is 0 Å². The van der Waals surface area contributed by atoms with Gasteiger partial charge in [-0.05, 0) is 36.6 Å². The van der Waals surface area contributed by atoms with Crippen LogP contribution in [0.2, 0.25) is 0 Å². The largest absolute Gasteiger partial charge is 0.469 e. The maximum absolute atomic E-state index is 12.8. The number of allylic oxidation sites excluding steroid dienone is 2. The van der Waals surface area contributed by atoms with E-state index in [1.807, 2.05) is 12.1 Å². The average Bonchev–Trinajstić information content (AvgIpc) is 3.49. The second kappa shape index (κ2) is 9.07. The van der Waals surface area contributed by atoms with E-state index >= 15 is 0 Å². The highest BCUT2D eigenvalue weighted by atomic mass is 32.2. The van der Waals surface area contributed by atoms with Gasteiger partial charge in [0.2, 0.25) is 11.8 Å². The molecule has 156 valence electrons. The number of carbonyl (C=O) groups is 2. The SMILES string of the molecule is CSCCN=C(NCCc1ccco1)NCCN1C(=O)C2C3C=CC(C3)C2C1=O. The standard InChI is InChI=1S/C21H28N4O3S/c1-29-12-9-24-21(22-7-6-16-3-2-11-28-16)23-8-10-25-19(26)17-14-4-5-15(13-14)18(17)20(25)27/h2-5,11,14-15,17-18H,6-10,12-13H2,1H3,(H2,22,23,24). The molecule has 1 saturated heterocycles. The summed E-state index contributed by atoms with van der Waals surface area (Å²) in [4.78, 5) is 31.5.